The molecule has 0 saturated heterocycles. The minimum Gasteiger partial charge on any atom is -0.368 e. The van der Waals surface area contributed by atoms with Crippen LogP contribution in [0.25, 0.3) is 11.6 Å². The van der Waals surface area contributed by atoms with Gasteiger partial charge in [-0.3, -0.25) is 15.2 Å². The number of nitrogens with two attached hydrogens (primary N) is 1. The fourth-order valence-corrected chi connectivity index (χ4v) is 2.39. The second-order valence-corrected chi connectivity index (χ2v) is 6.64. The van der Waals surface area contributed by atoms with Gasteiger partial charge >= 0.3 is 0 Å². The van der Waals surface area contributed by atoms with Crippen molar-refractivity contribution in [3.05, 3.63) is 65.7 Å². The van der Waals surface area contributed by atoms with E-state index in [4.69, 9.17) is 11.1 Å². The van der Waals surface area contributed by atoms with Gasteiger partial charge in [-0.1, -0.05) is 24.3 Å². The number of hydroxylamine groups is 2. The molecule has 0 saturated carbocycles. The number of nitrogens with zero attached hydrogens (tertiary/aromatic N) is 2. The Morgan fingerprint density at radius 2 is 2.00 bits per heavy atom. The summed E-state index contributed by atoms with van der Waals surface area (Å²) in [4.78, 5) is 16.7. The Kier molecular flexibility index (Phi) is 5.80. The number of hydrogen-bond acceptors (Lipinski definition) is 6. The average Bonchev–Trinajstić information content (AvgIpc) is 2.58. The maximum absolute atomic E-state index is 14.0. The largest absolute Gasteiger partial charge is 0.368 e. The van der Waals surface area contributed by atoms with Gasteiger partial charge in [-0.2, -0.15) is 8.42 Å². The van der Waals surface area contributed by atoms with Crippen molar-refractivity contribution in [1.82, 2.24) is 10.0 Å². The van der Waals surface area contributed by atoms with E-state index in [1.54, 1.807) is 6.07 Å². The lowest BCUT2D eigenvalue weighted by Crippen LogP contribution is -2.42. The van der Waals surface area contributed by atoms with E-state index in [0.29, 0.717) is 6.26 Å². The van der Waals surface area contributed by atoms with Crippen molar-refractivity contribution >= 4 is 33.6 Å². The zero-order valence-electron chi connectivity index (χ0n) is 13.6. The second kappa shape index (κ2) is 7.85. The van der Waals surface area contributed by atoms with Gasteiger partial charge in [-0.25, -0.2) is 4.39 Å². The molecule has 2 aromatic rings. The molecule has 1 amide bonds. The van der Waals surface area contributed by atoms with Gasteiger partial charge in [0.2, 0.25) is 5.96 Å². The summed E-state index contributed by atoms with van der Waals surface area (Å²) in [6.45, 7) is 0. The third-order valence-corrected chi connectivity index (χ3v) is 3.44. The van der Waals surface area contributed by atoms with Crippen molar-refractivity contribution in [2.45, 2.75) is 0 Å². The maximum atomic E-state index is 14.0. The van der Waals surface area contributed by atoms with Gasteiger partial charge in [-0.15, -0.1) is 9.35 Å². The lowest BCUT2D eigenvalue weighted by Gasteiger charge is -2.19. The standard InChI is InChI=1S/C16H15FN4O4S/c1-26(23,24)25-21(16(18)19)15(22)13(12-6-4-8-20-10-12)9-11-5-2-3-7-14(11)17/h2-10H,1H3,(H3,18,19)/b13-9+. The van der Waals surface area contributed by atoms with E-state index in [9.17, 15) is 17.6 Å². The minimum atomic E-state index is -4.14. The Balaban J connectivity index is 2.58. The lowest BCUT2D eigenvalue weighted by molar-refractivity contribution is -0.137. The molecule has 0 bridgehead atoms. The van der Waals surface area contributed by atoms with Gasteiger partial charge in [0.05, 0.1) is 11.8 Å². The number of amides is 1. The fraction of sp³-hybridized carbons (Fsp3) is 0.0625. The number of halogens is 1. The number of guanidine groups is 1. The molecule has 0 aliphatic heterocycles. The molecule has 2 rings (SSSR count). The van der Waals surface area contributed by atoms with Gasteiger partial charge in [-0.05, 0) is 18.2 Å². The van der Waals surface area contributed by atoms with Crippen molar-refractivity contribution in [3.63, 3.8) is 0 Å². The van der Waals surface area contributed by atoms with Gasteiger partial charge in [0.15, 0.2) is 0 Å². The second-order valence-electron chi connectivity index (χ2n) is 5.08. The Morgan fingerprint density at radius 1 is 1.31 bits per heavy atom. The predicted octanol–water partition coefficient (Wildman–Crippen LogP) is 1.37. The summed E-state index contributed by atoms with van der Waals surface area (Å²) in [6.07, 6.45) is 4.67. The van der Waals surface area contributed by atoms with Crippen LogP contribution in [0.15, 0.2) is 48.8 Å². The molecule has 26 heavy (non-hydrogen) atoms. The van der Waals surface area contributed by atoms with Crippen molar-refractivity contribution in [1.29, 1.82) is 5.41 Å². The van der Waals surface area contributed by atoms with Crippen LogP contribution in [0.3, 0.4) is 0 Å². The van der Waals surface area contributed by atoms with Crippen LogP contribution in [0.4, 0.5) is 4.39 Å². The third kappa shape index (κ3) is 4.94. The van der Waals surface area contributed by atoms with Crippen LogP contribution in [0.2, 0.25) is 0 Å². The highest BCUT2D eigenvalue weighted by Crippen LogP contribution is 2.22. The van der Waals surface area contributed by atoms with Crippen molar-refractivity contribution in [3.8, 4) is 0 Å². The number of carbonyl (C=O) groups is 1. The summed E-state index contributed by atoms with van der Waals surface area (Å²) in [5.74, 6) is -2.62. The first-order valence-electron chi connectivity index (χ1n) is 7.13. The van der Waals surface area contributed by atoms with Crippen LogP contribution >= 0.6 is 0 Å². The molecule has 0 fully saturated rings. The van der Waals surface area contributed by atoms with Gasteiger partial charge in [0.1, 0.15) is 5.82 Å². The molecule has 0 radical (unpaired) electrons. The zero-order valence-corrected chi connectivity index (χ0v) is 14.4. The summed E-state index contributed by atoms with van der Waals surface area (Å²) in [6, 6.07) is 8.72. The molecule has 1 aromatic heterocycles. The summed E-state index contributed by atoms with van der Waals surface area (Å²) >= 11 is 0. The Bertz CT molecular complexity index is 961. The molecule has 0 spiro atoms. The van der Waals surface area contributed by atoms with E-state index >= 15 is 0 Å². The van der Waals surface area contributed by atoms with E-state index in [0.717, 1.165) is 0 Å². The quantitative estimate of drug-likeness (QED) is 0.350. The smallest absolute Gasteiger partial charge is 0.286 e. The zero-order chi connectivity index (χ0) is 19.3. The first-order chi connectivity index (χ1) is 12.2. The topological polar surface area (TPSA) is 126 Å². The summed E-state index contributed by atoms with van der Waals surface area (Å²) in [5, 5.41) is 7.52. The number of carbonyl (C=O) groups excluding carboxylic acids is 1. The van der Waals surface area contributed by atoms with Gasteiger partial charge in [0.25, 0.3) is 16.0 Å². The monoisotopic (exact) mass is 378 g/mol. The number of rotatable bonds is 5. The Labute approximate surface area is 149 Å². The number of pyridine rings is 1. The van der Waals surface area contributed by atoms with E-state index < -0.39 is 27.8 Å². The molecule has 1 heterocycles. The molecule has 3 N–H and O–H groups in total. The van der Waals surface area contributed by atoms with Crippen molar-refractivity contribution in [2.24, 2.45) is 5.73 Å². The van der Waals surface area contributed by atoms with Crippen molar-refractivity contribution in [2.75, 3.05) is 6.26 Å². The molecule has 10 heteroatoms. The van der Waals surface area contributed by atoms with E-state index in [-0.39, 0.29) is 21.8 Å². The van der Waals surface area contributed by atoms with E-state index in [1.165, 1.54) is 48.8 Å². The first-order valence-corrected chi connectivity index (χ1v) is 8.95. The highest BCUT2D eigenvalue weighted by atomic mass is 32.2. The molecular formula is C16H15FN4O4S. The summed E-state index contributed by atoms with van der Waals surface area (Å²) in [5.41, 5.74) is 5.43. The molecule has 0 aliphatic rings. The molecule has 0 atom stereocenters. The third-order valence-electron chi connectivity index (χ3n) is 3.02. The number of nitrogens with one attached hydrogen (secondary N) is 1. The first kappa shape index (κ1) is 19.2. The lowest BCUT2D eigenvalue weighted by atomic mass is 10.0. The van der Waals surface area contributed by atoms with E-state index in [2.05, 4.69) is 9.27 Å². The molecule has 136 valence electrons. The minimum absolute atomic E-state index is 0.0718. The number of benzene rings is 1. The van der Waals surface area contributed by atoms with Gasteiger partial charge in [0, 0.05) is 23.5 Å². The van der Waals surface area contributed by atoms with Crippen LogP contribution in [-0.4, -0.2) is 36.6 Å². The number of hydrogen-bond donors (Lipinski definition) is 2. The van der Waals surface area contributed by atoms with Crippen LogP contribution in [0, 0.1) is 11.2 Å². The molecule has 8 nitrogen and oxygen atoms in total. The highest BCUT2D eigenvalue weighted by Gasteiger charge is 2.27. The molecular weight excluding hydrogens is 363 g/mol. The number of aromatic nitrogens is 1. The average molecular weight is 378 g/mol. The van der Waals surface area contributed by atoms with E-state index in [1.807, 2.05) is 0 Å². The van der Waals surface area contributed by atoms with Gasteiger partial charge < -0.3 is 5.73 Å². The van der Waals surface area contributed by atoms with Crippen LogP contribution < -0.4 is 5.73 Å². The summed E-state index contributed by atoms with van der Waals surface area (Å²) in [7, 11) is -4.14. The Hall–Kier alpha value is -3.11. The SMILES string of the molecule is CS(=O)(=O)ON(C(=N)N)C(=O)/C(=C/c1ccccc1F)c1cccnc1. The Morgan fingerprint density at radius 3 is 2.54 bits per heavy atom. The summed E-state index contributed by atoms with van der Waals surface area (Å²) < 4.78 is 41.2. The fourth-order valence-electron chi connectivity index (χ4n) is 1.97. The molecule has 1 aromatic carbocycles. The van der Waals surface area contributed by atoms with Crippen LogP contribution in [-0.2, 0) is 19.2 Å². The normalized spacial score (nSPS) is 11.8. The maximum Gasteiger partial charge on any atom is 0.286 e. The molecule has 0 unspecified atom stereocenters. The van der Waals surface area contributed by atoms with Crippen molar-refractivity contribution < 1.29 is 21.9 Å². The van der Waals surface area contributed by atoms with Crippen LogP contribution in [0.1, 0.15) is 11.1 Å². The predicted molar refractivity (Wildman–Crippen MR) is 93.2 cm³/mol. The highest BCUT2D eigenvalue weighted by molar-refractivity contribution is 7.85. The van der Waals surface area contributed by atoms with Crippen LogP contribution in [0.5, 0.6) is 0 Å². The molecule has 0 aliphatic carbocycles.